The van der Waals surface area contributed by atoms with E-state index in [0.29, 0.717) is 6.61 Å². The Morgan fingerprint density at radius 1 is 1.42 bits per heavy atom. The first-order valence-electron chi connectivity index (χ1n) is 5.98. The van der Waals surface area contributed by atoms with Gasteiger partial charge in [0, 0.05) is 31.0 Å². The van der Waals surface area contributed by atoms with Crippen LogP contribution in [0.2, 0.25) is 0 Å². The molecule has 3 aromatic rings. The fourth-order valence-electron chi connectivity index (χ4n) is 1.93. The average Bonchev–Trinajstić information content (AvgIpc) is 3.07. The van der Waals surface area contributed by atoms with E-state index in [2.05, 4.69) is 15.4 Å². The molecule has 1 N–H and O–H groups in total. The van der Waals surface area contributed by atoms with Crippen LogP contribution in [0.1, 0.15) is 0 Å². The number of fused-ring (bicyclic) bond motifs is 1. The van der Waals surface area contributed by atoms with Crippen LogP contribution in [-0.2, 0) is 4.74 Å². The molecule has 3 rings (SSSR count). The number of hydrogen-bond acceptors (Lipinski definition) is 5. The molecule has 19 heavy (non-hydrogen) atoms. The van der Waals surface area contributed by atoms with Gasteiger partial charge in [-0.25, -0.2) is 4.98 Å². The Morgan fingerprint density at radius 2 is 2.37 bits per heavy atom. The van der Waals surface area contributed by atoms with Crippen LogP contribution in [0.5, 0.6) is 0 Å². The van der Waals surface area contributed by atoms with Gasteiger partial charge in [-0.3, -0.25) is 0 Å². The summed E-state index contributed by atoms with van der Waals surface area (Å²) in [4.78, 5) is 4.37. The van der Waals surface area contributed by atoms with E-state index in [-0.39, 0.29) is 0 Å². The van der Waals surface area contributed by atoms with Crippen molar-refractivity contribution in [3.8, 4) is 11.1 Å². The predicted octanol–water partition coefficient (Wildman–Crippen LogP) is 2.05. The molecule has 0 amide bonds. The summed E-state index contributed by atoms with van der Waals surface area (Å²) in [5.74, 6) is 0.886. The third-order valence-electron chi connectivity index (χ3n) is 2.85. The van der Waals surface area contributed by atoms with Crippen LogP contribution >= 0.6 is 0 Å². The van der Waals surface area contributed by atoms with Crippen molar-refractivity contribution in [2.45, 2.75) is 0 Å². The summed E-state index contributed by atoms with van der Waals surface area (Å²) >= 11 is 0. The minimum Gasteiger partial charge on any atom is -0.472 e. The van der Waals surface area contributed by atoms with Gasteiger partial charge in [-0.2, -0.15) is 9.61 Å². The van der Waals surface area contributed by atoms with E-state index in [0.717, 1.165) is 29.1 Å². The summed E-state index contributed by atoms with van der Waals surface area (Å²) in [6.07, 6.45) is 6.87. The van der Waals surface area contributed by atoms with Crippen LogP contribution < -0.4 is 5.32 Å². The molecule has 3 aromatic heterocycles. The van der Waals surface area contributed by atoms with E-state index in [4.69, 9.17) is 9.15 Å². The standard InChI is InChI=1S/C13H14N4O2/c1-18-7-5-14-12-2-4-15-13-11(8-16-17(12)13)10-3-6-19-9-10/h2-4,6,8-9,14H,5,7H2,1H3. The molecule has 3 heterocycles. The number of furan rings is 1. The van der Waals surface area contributed by atoms with Gasteiger partial charge in [0.05, 0.1) is 25.3 Å². The molecular weight excluding hydrogens is 244 g/mol. The van der Waals surface area contributed by atoms with Crippen LogP contribution in [0.4, 0.5) is 5.82 Å². The van der Waals surface area contributed by atoms with Gasteiger partial charge in [-0.1, -0.05) is 0 Å². The van der Waals surface area contributed by atoms with Crippen LogP contribution in [0, 0.1) is 0 Å². The summed E-state index contributed by atoms with van der Waals surface area (Å²) in [7, 11) is 1.68. The third-order valence-corrected chi connectivity index (χ3v) is 2.85. The zero-order chi connectivity index (χ0) is 13.1. The van der Waals surface area contributed by atoms with E-state index in [1.165, 1.54) is 0 Å². The Balaban J connectivity index is 1.98. The quantitative estimate of drug-likeness (QED) is 0.709. The lowest BCUT2D eigenvalue weighted by molar-refractivity contribution is 0.210. The summed E-state index contributed by atoms with van der Waals surface area (Å²) < 4.78 is 11.9. The number of anilines is 1. The summed E-state index contributed by atoms with van der Waals surface area (Å²) in [6, 6.07) is 3.78. The highest BCUT2D eigenvalue weighted by Gasteiger charge is 2.10. The molecule has 6 heteroatoms. The monoisotopic (exact) mass is 258 g/mol. The topological polar surface area (TPSA) is 64.6 Å². The van der Waals surface area contributed by atoms with Gasteiger partial charge in [-0.15, -0.1) is 0 Å². The van der Waals surface area contributed by atoms with Crippen LogP contribution in [0.25, 0.3) is 16.8 Å². The normalized spacial score (nSPS) is 11.0. The lowest BCUT2D eigenvalue weighted by atomic mass is 10.2. The molecule has 0 bridgehead atoms. The lowest BCUT2D eigenvalue weighted by Crippen LogP contribution is -2.11. The fourth-order valence-corrected chi connectivity index (χ4v) is 1.93. The molecule has 6 nitrogen and oxygen atoms in total. The number of aromatic nitrogens is 3. The molecule has 0 radical (unpaired) electrons. The fraction of sp³-hybridized carbons (Fsp3) is 0.231. The first kappa shape index (κ1) is 11.7. The van der Waals surface area contributed by atoms with Gasteiger partial charge in [-0.05, 0) is 12.1 Å². The highest BCUT2D eigenvalue weighted by atomic mass is 16.5. The van der Waals surface area contributed by atoms with Crippen molar-refractivity contribution >= 4 is 11.5 Å². The first-order valence-corrected chi connectivity index (χ1v) is 5.98. The van der Waals surface area contributed by atoms with E-state index in [1.54, 1.807) is 36.5 Å². The van der Waals surface area contributed by atoms with Crippen molar-refractivity contribution in [1.29, 1.82) is 0 Å². The highest BCUT2D eigenvalue weighted by molar-refractivity contribution is 5.77. The molecule has 0 atom stereocenters. The molecule has 0 fully saturated rings. The number of hydrogen-bond donors (Lipinski definition) is 1. The average molecular weight is 258 g/mol. The second kappa shape index (κ2) is 5.11. The minimum atomic E-state index is 0.639. The largest absolute Gasteiger partial charge is 0.472 e. The van der Waals surface area contributed by atoms with Gasteiger partial charge in [0.25, 0.3) is 0 Å². The van der Waals surface area contributed by atoms with E-state index < -0.39 is 0 Å². The highest BCUT2D eigenvalue weighted by Crippen LogP contribution is 2.24. The van der Waals surface area contributed by atoms with Crippen LogP contribution in [0.15, 0.2) is 41.5 Å². The Hall–Kier alpha value is -2.34. The van der Waals surface area contributed by atoms with E-state index in [1.807, 2.05) is 12.1 Å². The zero-order valence-corrected chi connectivity index (χ0v) is 10.5. The molecule has 0 unspecified atom stereocenters. The van der Waals surface area contributed by atoms with Crippen LogP contribution in [-0.4, -0.2) is 34.9 Å². The molecule has 0 spiro atoms. The number of nitrogens with zero attached hydrogens (tertiary/aromatic N) is 3. The van der Waals surface area contributed by atoms with Crippen LogP contribution in [0.3, 0.4) is 0 Å². The first-order chi connectivity index (χ1) is 9.40. The molecule has 98 valence electrons. The Bertz CT molecular complexity index is 660. The predicted molar refractivity (Wildman–Crippen MR) is 71.1 cm³/mol. The van der Waals surface area contributed by atoms with Gasteiger partial charge < -0.3 is 14.5 Å². The SMILES string of the molecule is COCCNc1ccnc2c(-c3ccoc3)cnn12. The summed E-state index contributed by atoms with van der Waals surface area (Å²) in [6.45, 7) is 1.36. The molecule has 0 saturated heterocycles. The molecule has 0 saturated carbocycles. The number of nitrogens with one attached hydrogen (secondary N) is 1. The summed E-state index contributed by atoms with van der Waals surface area (Å²) in [5, 5.41) is 7.62. The van der Waals surface area contributed by atoms with Gasteiger partial charge in [0.1, 0.15) is 5.82 Å². The second-order valence-electron chi connectivity index (χ2n) is 4.06. The van der Waals surface area contributed by atoms with Crippen molar-refractivity contribution < 1.29 is 9.15 Å². The van der Waals surface area contributed by atoms with Crippen molar-refractivity contribution in [2.75, 3.05) is 25.6 Å². The zero-order valence-electron chi connectivity index (χ0n) is 10.5. The van der Waals surface area contributed by atoms with E-state index in [9.17, 15) is 0 Å². The van der Waals surface area contributed by atoms with E-state index >= 15 is 0 Å². The van der Waals surface area contributed by atoms with Gasteiger partial charge in [0.2, 0.25) is 0 Å². The van der Waals surface area contributed by atoms with Gasteiger partial charge >= 0.3 is 0 Å². The second-order valence-corrected chi connectivity index (χ2v) is 4.06. The molecule has 0 aliphatic heterocycles. The number of methoxy groups -OCH3 is 1. The molecular formula is C13H14N4O2. The Labute approximate surface area is 110 Å². The van der Waals surface area contributed by atoms with Crippen molar-refractivity contribution in [3.63, 3.8) is 0 Å². The van der Waals surface area contributed by atoms with Crippen molar-refractivity contribution in [2.24, 2.45) is 0 Å². The molecule has 0 aliphatic rings. The lowest BCUT2D eigenvalue weighted by Gasteiger charge is -2.07. The maximum Gasteiger partial charge on any atom is 0.165 e. The molecule has 0 aliphatic carbocycles. The number of ether oxygens (including phenoxy) is 1. The Morgan fingerprint density at radius 3 is 3.16 bits per heavy atom. The maximum atomic E-state index is 5.10. The number of rotatable bonds is 5. The van der Waals surface area contributed by atoms with Crippen molar-refractivity contribution in [3.05, 3.63) is 37.1 Å². The Kier molecular flexibility index (Phi) is 3.16. The van der Waals surface area contributed by atoms with Crippen molar-refractivity contribution in [1.82, 2.24) is 14.6 Å². The smallest absolute Gasteiger partial charge is 0.165 e. The third kappa shape index (κ3) is 2.17. The molecule has 0 aromatic carbocycles. The maximum absolute atomic E-state index is 5.10. The summed E-state index contributed by atoms with van der Waals surface area (Å²) in [5.41, 5.74) is 2.71. The minimum absolute atomic E-state index is 0.639. The van der Waals surface area contributed by atoms with Gasteiger partial charge in [0.15, 0.2) is 5.65 Å².